The molecule has 0 fully saturated rings. The zero-order valence-electron chi connectivity index (χ0n) is 11.3. The number of nitrogens with one attached hydrogen (secondary N) is 2. The van der Waals surface area contributed by atoms with E-state index in [0.717, 1.165) is 5.56 Å². The molecule has 21 heavy (non-hydrogen) atoms. The smallest absolute Gasteiger partial charge is 0.249 e. The van der Waals surface area contributed by atoms with Gasteiger partial charge in [-0.25, -0.2) is 5.43 Å². The predicted octanol–water partition coefficient (Wildman–Crippen LogP) is 0.558. The number of hydrogen-bond acceptors (Lipinski definition) is 5. The maximum absolute atomic E-state index is 11.4. The second-order valence-electron chi connectivity index (χ2n) is 4.18. The summed E-state index contributed by atoms with van der Waals surface area (Å²) < 4.78 is 10.4. The van der Waals surface area contributed by atoms with Crippen molar-refractivity contribution in [3.63, 3.8) is 0 Å². The summed E-state index contributed by atoms with van der Waals surface area (Å²) in [5.41, 5.74) is 3.02. The highest BCUT2D eigenvalue weighted by Gasteiger charge is 2.12. The standard InChI is InChI=1S/C14H15N3O4/c1-2-5-15-13(18)7-14(19)17-16-8-10-3-4-11-12(6-10)21-9-20-11/h2-4,6,8H,1,5,7,9H2,(H,15,18)(H,17,19). The highest BCUT2D eigenvalue weighted by atomic mass is 16.7. The number of amides is 2. The van der Waals surface area contributed by atoms with E-state index in [0.29, 0.717) is 18.0 Å². The van der Waals surface area contributed by atoms with Crippen molar-refractivity contribution in [3.8, 4) is 11.5 Å². The van der Waals surface area contributed by atoms with Crippen molar-refractivity contribution in [1.82, 2.24) is 10.7 Å². The fourth-order valence-corrected chi connectivity index (χ4v) is 1.61. The van der Waals surface area contributed by atoms with Gasteiger partial charge >= 0.3 is 0 Å². The van der Waals surface area contributed by atoms with Crippen LogP contribution in [0.1, 0.15) is 12.0 Å². The number of carbonyl (C=O) groups excluding carboxylic acids is 2. The van der Waals surface area contributed by atoms with Crippen LogP contribution in [-0.4, -0.2) is 31.4 Å². The molecule has 7 heteroatoms. The van der Waals surface area contributed by atoms with Crippen LogP contribution in [0.15, 0.2) is 36.0 Å². The molecule has 0 atom stereocenters. The number of benzene rings is 1. The lowest BCUT2D eigenvalue weighted by atomic mass is 10.2. The van der Waals surface area contributed by atoms with Gasteiger partial charge in [-0.2, -0.15) is 5.10 Å². The van der Waals surface area contributed by atoms with Gasteiger partial charge in [0.05, 0.1) is 6.21 Å². The van der Waals surface area contributed by atoms with Gasteiger partial charge in [-0.05, 0) is 23.8 Å². The van der Waals surface area contributed by atoms with E-state index in [1.54, 1.807) is 18.2 Å². The Morgan fingerprint density at radius 3 is 2.90 bits per heavy atom. The van der Waals surface area contributed by atoms with Crippen molar-refractivity contribution in [1.29, 1.82) is 0 Å². The molecule has 0 aromatic heterocycles. The summed E-state index contributed by atoms with van der Waals surface area (Å²) in [5.74, 6) is 0.434. The van der Waals surface area contributed by atoms with Gasteiger partial charge in [0.2, 0.25) is 18.6 Å². The van der Waals surface area contributed by atoms with Crippen molar-refractivity contribution < 1.29 is 19.1 Å². The van der Waals surface area contributed by atoms with Gasteiger partial charge in [0.25, 0.3) is 0 Å². The molecule has 0 bridgehead atoms. The lowest BCUT2D eigenvalue weighted by Gasteiger charge is -2.01. The lowest BCUT2D eigenvalue weighted by Crippen LogP contribution is -2.29. The minimum Gasteiger partial charge on any atom is -0.454 e. The Balaban J connectivity index is 1.80. The van der Waals surface area contributed by atoms with E-state index >= 15 is 0 Å². The fourth-order valence-electron chi connectivity index (χ4n) is 1.61. The number of carbonyl (C=O) groups is 2. The maximum atomic E-state index is 11.4. The van der Waals surface area contributed by atoms with Gasteiger partial charge in [-0.15, -0.1) is 6.58 Å². The Kier molecular flexibility index (Phi) is 4.92. The van der Waals surface area contributed by atoms with Crippen molar-refractivity contribution in [3.05, 3.63) is 36.4 Å². The van der Waals surface area contributed by atoms with Crippen LogP contribution < -0.4 is 20.2 Å². The molecule has 0 spiro atoms. The van der Waals surface area contributed by atoms with E-state index in [-0.39, 0.29) is 19.1 Å². The van der Waals surface area contributed by atoms with Gasteiger partial charge < -0.3 is 14.8 Å². The molecule has 0 unspecified atom stereocenters. The first-order valence-corrected chi connectivity index (χ1v) is 6.28. The highest BCUT2D eigenvalue weighted by Crippen LogP contribution is 2.31. The zero-order chi connectivity index (χ0) is 15.1. The quantitative estimate of drug-likeness (QED) is 0.346. The topological polar surface area (TPSA) is 89.0 Å². The number of hydrogen-bond donors (Lipinski definition) is 2. The maximum Gasteiger partial charge on any atom is 0.249 e. The van der Waals surface area contributed by atoms with E-state index in [2.05, 4.69) is 22.4 Å². The number of fused-ring (bicyclic) bond motifs is 1. The fraction of sp³-hybridized carbons (Fsp3) is 0.214. The Labute approximate surface area is 121 Å². The second kappa shape index (κ2) is 7.09. The Morgan fingerprint density at radius 1 is 1.29 bits per heavy atom. The molecule has 1 aromatic carbocycles. The van der Waals surface area contributed by atoms with E-state index < -0.39 is 5.91 Å². The van der Waals surface area contributed by atoms with Gasteiger partial charge in [0.1, 0.15) is 6.42 Å². The molecular formula is C14H15N3O4. The molecule has 2 rings (SSSR count). The van der Waals surface area contributed by atoms with Crippen LogP contribution in [0, 0.1) is 0 Å². The Hall–Kier alpha value is -2.83. The largest absolute Gasteiger partial charge is 0.454 e. The number of ether oxygens (including phenoxy) is 2. The van der Waals surface area contributed by atoms with Crippen LogP contribution in [0.3, 0.4) is 0 Å². The van der Waals surface area contributed by atoms with Crippen LogP contribution in [0.2, 0.25) is 0 Å². The highest BCUT2D eigenvalue weighted by molar-refractivity contribution is 5.97. The average molecular weight is 289 g/mol. The van der Waals surface area contributed by atoms with E-state index in [1.807, 2.05) is 0 Å². The molecule has 7 nitrogen and oxygen atoms in total. The average Bonchev–Trinajstić information content (AvgIpc) is 2.92. The first-order chi connectivity index (χ1) is 10.2. The lowest BCUT2D eigenvalue weighted by molar-refractivity contribution is -0.129. The van der Waals surface area contributed by atoms with Gasteiger partial charge in [0, 0.05) is 6.54 Å². The van der Waals surface area contributed by atoms with E-state index in [9.17, 15) is 9.59 Å². The Morgan fingerprint density at radius 2 is 2.10 bits per heavy atom. The first kappa shape index (κ1) is 14.6. The molecule has 0 saturated carbocycles. The molecule has 0 aliphatic carbocycles. The molecule has 2 amide bonds. The minimum atomic E-state index is -0.492. The van der Waals surface area contributed by atoms with Crippen molar-refractivity contribution >= 4 is 18.0 Å². The minimum absolute atomic E-state index is 0.201. The normalized spacial score (nSPS) is 12.2. The van der Waals surface area contributed by atoms with Gasteiger partial charge in [0.15, 0.2) is 11.5 Å². The summed E-state index contributed by atoms with van der Waals surface area (Å²) in [6.07, 6.45) is 2.71. The molecular weight excluding hydrogens is 274 g/mol. The first-order valence-electron chi connectivity index (χ1n) is 6.28. The van der Waals surface area contributed by atoms with Crippen molar-refractivity contribution in [2.24, 2.45) is 5.10 Å². The second-order valence-corrected chi connectivity index (χ2v) is 4.18. The van der Waals surface area contributed by atoms with Crippen LogP contribution in [0.5, 0.6) is 11.5 Å². The molecule has 110 valence electrons. The summed E-state index contributed by atoms with van der Waals surface area (Å²) >= 11 is 0. The van der Waals surface area contributed by atoms with Crippen molar-refractivity contribution in [2.75, 3.05) is 13.3 Å². The zero-order valence-corrected chi connectivity index (χ0v) is 11.3. The summed E-state index contributed by atoms with van der Waals surface area (Å²) in [4.78, 5) is 22.7. The molecule has 2 N–H and O–H groups in total. The predicted molar refractivity (Wildman–Crippen MR) is 76.1 cm³/mol. The SMILES string of the molecule is C=CCNC(=O)CC(=O)NN=Cc1ccc2c(c1)OCO2. The Bertz CT molecular complexity index is 584. The molecule has 1 aliphatic rings. The van der Waals surface area contributed by atoms with Crippen LogP contribution >= 0.6 is 0 Å². The molecule has 0 radical (unpaired) electrons. The third-order valence-electron chi connectivity index (χ3n) is 2.56. The molecule has 1 heterocycles. The van der Waals surface area contributed by atoms with Gasteiger partial charge in [-0.3, -0.25) is 9.59 Å². The summed E-state index contributed by atoms with van der Waals surface area (Å²) in [5, 5.41) is 6.28. The van der Waals surface area contributed by atoms with Crippen LogP contribution in [0.4, 0.5) is 0 Å². The molecule has 0 saturated heterocycles. The van der Waals surface area contributed by atoms with Crippen LogP contribution in [0.25, 0.3) is 0 Å². The summed E-state index contributed by atoms with van der Waals surface area (Å²) in [6.45, 7) is 3.99. The summed E-state index contributed by atoms with van der Waals surface area (Å²) in [7, 11) is 0. The third kappa shape index (κ3) is 4.34. The molecule has 1 aromatic rings. The third-order valence-corrected chi connectivity index (χ3v) is 2.56. The summed E-state index contributed by atoms with van der Waals surface area (Å²) in [6, 6.07) is 5.28. The molecule has 1 aliphatic heterocycles. The monoisotopic (exact) mass is 289 g/mol. The number of nitrogens with zero attached hydrogens (tertiary/aromatic N) is 1. The van der Waals surface area contributed by atoms with E-state index in [4.69, 9.17) is 9.47 Å². The number of hydrazone groups is 1. The van der Waals surface area contributed by atoms with E-state index in [1.165, 1.54) is 12.3 Å². The number of rotatable bonds is 6. The van der Waals surface area contributed by atoms with Gasteiger partial charge in [-0.1, -0.05) is 6.08 Å². The van der Waals surface area contributed by atoms with Crippen molar-refractivity contribution in [2.45, 2.75) is 6.42 Å². The van der Waals surface area contributed by atoms with Crippen LogP contribution in [-0.2, 0) is 9.59 Å².